The quantitative estimate of drug-likeness (QED) is 0.0404. The summed E-state index contributed by atoms with van der Waals surface area (Å²) in [5.41, 5.74) is 0. The van der Waals surface area contributed by atoms with Gasteiger partial charge in [0, 0.05) is 20.8 Å². The van der Waals surface area contributed by atoms with Gasteiger partial charge in [-0.15, -0.1) is 0 Å². The van der Waals surface area contributed by atoms with E-state index in [2.05, 4.69) is 16.0 Å². The van der Waals surface area contributed by atoms with Crippen LogP contribution >= 0.6 is 0 Å². The van der Waals surface area contributed by atoms with Crippen LogP contribution in [-0.4, -0.2) is 433 Å². The van der Waals surface area contributed by atoms with E-state index in [1.807, 2.05) is 0 Å². The molecule has 40 atom stereocenters. The molecule has 0 radical (unpaired) electrons. The molecule has 26 N–H and O–H groups in total. The molecule has 98 heavy (non-hydrogen) atoms. The van der Waals surface area contributed by atoms with Crippen LogP contribution in [0.3, 0.4) is 0 Å². The van der Waals surface area contributed by atoms with Crippen LogP contribution in [0.1, 0.15) is 20.8 Å². The maximum absolute atomic E-state index is 12.9. The first-order valence-corrected chi connectivity index (χ1v) is 31.1. The Labute approximate surface area is 554 Å². The summed E-state index contributed by atoms with van der Waals surface area (Å²) in [6.07, 6.45) is -74.1. The minimum absolute atomic E-state index is 0.878. The Hall–Kier alpha value is -3.11. The molecular formula is C54H91N3O41. The van der Waals surface area contributed by atoms with Crippen LogP contribution in [0.4, 0.5) is 0 Å². The molecule has 0 aliphatic carbocycles. The molecule has 8 fully saturated rings. The number of ether oxygens (including phenoxy) is 15. The van der Waals surface area contributed by atoms with E-state index in [0.717, 1.165) is 20.8 Å². The van der Waals surface area contributed by atoms with Crippen molar-refractivity contribution in [3.8, 4) is 0 Å². The standard InChI is InChI=1S/C54H91N3O41/c1-12(65)55-23-32(74)41(93-53-39(81)45(30(72)19(8-62)90-53)97-49-24(56-13(2)66)43(28(70)17(6-60)86-49)95-51-37(79)33(75)26(68)15(4-58)88-51)21(10-64)91-48(23)84-11-22-31(73)46(40(82)54(92-22)94-42-20(9-63)85-47(83)36(78)35(42)77)98-50-25(57-14(3)67)44(29(71)18(7-61)87-50)96-52-38(80)34(76)27(69)16(5-59)89-52/h15-54,58-64,68-83H,4-11H2,1-3H3,(H,55,65)(H,56,66)(H,57,67)/t15-,16-,17-,18-,19-,20-,21-,22-,23-,24-,25-,26+,27+,28-,29-,30+,31+,32-,33+,34+,35-,36-,37-,38-,39-,40-,41-,42-,43-,44-,45+,46+,47?,48-,49+,50+,51+,52+,53+,54+/m1/s1. The monoisotopic (exact) mass is 1440 g/mol. The van der Waals surface area contributed by atoms with Crippen molar-refractivity contribution in [3.05, 3.63) is 0 Å². The summed E-state index contributed by atoms with van der Waals surface area (Å²) in [7, 11) is 0. The number of rotatable bonds is 25. The number of nitrogens with one attached hydrogen (secondary N) is 3. The molecule has 44 nitrogen and oxygen atoms in total. The van der Waals surface area contributed by atoms with Crippen LogP contribution in [0.25, 0.3) is 0 Å². The fourth-order valence-electron chi connectivity index (χ4n) is 12.6. The largest absolute Gasteiger partial charge is 0.394 e. The van der Waals surface area contributed by atoms with Gasteiger partial charge in [-0.3, -0.25) is 14.4 Å². The molecule has 1 unspecified atom stereocenters. The summed E-state index contributed by atoms with van der Waals surface area (Å²) in [4.78, 5) is 38.6. The molecule has 8 heterocycles. The van der Waals surface area contributed by atoms with Gasteiger partial charge in [-0.05, 0) is 0 Å². The summed E-state index contributed by atoms with van der Waals surface area (Å²) in [6, 6.07) is -5.51. The second-order valence-corrected chi connectivity index (χ2v) is 24.6. The van der Waals surface area contributed by atoms with E-state index in [1.165, 1.54) is 0 Å². The number of aliphatic hydroxyl groups excluding tert-OH is 23. The van der Waals surface area contributed by atoms with E-state index in [1.54, 1.807) is 0 Å². The SMILES string of the molecule is CC(=O)N[C@H]1[C@H](OC[C@H]2O[C@@H](O[C@H]3[C@H](O)[C@@H](O)C(O)O[C@@H]3CO)[C@H](O)[C@@H](O[C@@H]3O[C@H](CO)[C@@H](O)[C@H](O[C@@H]4O[C@H](CO)[C@H](O)[C@H](O)[C@H]4O)[C@H]3NC(C)=O)[C@H]2O)O[C@H](CO)[C@@H](O[C@@H]2O[C@H](CO)[C@H](O)[C@H](O[C@@H]3O[C@H](CO)[C@@H](O)[C@H](O[C@@H]4O[C@H](CO)[C@H](O)[C@H](O)[C@H]4O)[C@H]3NC(C)=O)[C@H]2O)[C@@H]1O. The Kier molecular flexibility index (Phi) is 28.9. The predicted molar refractivity (Wildman–Crippen MR) is 299 cm³/mol. The van der Waals surface area contributed by atoms with Gasteiger partial charge in [-0.2, -0.15) is 0 Å². The first-order valence-electron chi connectivity index (χ1n) is 31.1. The highest BCUT2D eigenvalue weighted by atomic mass is 16.8. The van der Waals surface area contributed by atoms with Gasteiger partial charge in [0.2, 0.25) is 17.7 Å². The highest BCUT2D eigenvalue weighted by molar-refractivity contribution is 5.74. The van der Waals surface area contributed by atoms with Crippen molar-refractivity contribution in [2.45, 2.75) is 266 Å². The lowest BCUT2D eigenvalue weighted by Crippen LogP contribution is -2.70. The number of amides is 3. The lowest BCUT2D eigenvalue weighted by Gasteiger charge is -2.50. The maximum Gasteiger partial charge on any atom is 0.217 e. The van der Waals surface area contributed by atoms with Crippen molar-refractivity contribution in [1.82, 2.24) is 16.0 Å². The van der Waals surface area contributed by atoms with Crippen molar-refractivity contribution in [2.75, 3.05) is 52.9 Å². The smallest absolute Gasteiger partial charge is 0.217 e. The summed E-state index contributed by atoms with van der Waals surface area (Å²) < 4.78 is 87.2. The predicted octanol–water partition coefficient (Wildman–Crippen LogP) is -18.0. The first-order chi connectivity index (χ1) is 46.4. The molecule has 568 valence electrons. The average molecular weight is 1440 g/mol. The minimum atomic E-state index is -2.36. The molecule has 8 aliphatic rings. The normalized spacial score (nSPS) is 49.5. The molecular weight excluding hydrogens is 1350 g/mol. The van der Waals surface area contributed by atoms with Gasteiger partial charge in [0.15, 0.2) is 50.3 Å². The number of carbonyl (C=O) groups excluding carboxylic acids is 3. The molecule has 8 saturated heterocycles. The number of hydrogen-bond donors (Lipinski definition) is 26. The van der Waals surface area contributed by atoms with E-state index in [-0.39, 0.29) is 0 Å². The van der Waals surface area contributed by atoms with Crippen molar-refractivity contribution in [2.24, 2.45) is 0 Å². The first kappa shape index (κ1) is 80.6. The Bertz CT molecular complexity index is 2510. The number of carbonyl (C=O) groups is 3. The zero-order chi connectivity index (χ0) is 72.2. The highest BCUT2D eigenvalue weighted by Gasteiger charge is 2.60. The number of hydrogen-bond acceptors (Lipinski definition) is 41. The highest BCUT2D eigenvalue weighted by Crippen LogP contribution is 2.39. The van der Waals surface area contributed by atoms with Crippen LogP contribution in [0.5, 0.6) is 0 Å². The second-order valence-electron chi connectivity index (χ2n) is 24.6. The van der Waals surface area contributed by atoms with Crippen LogP contribution in [0.2, 0.25) is 0 Å². The van der Waals surface area contributed by atoms with Gasteiger partial charge in [-0.25, -0.2) is 0 Å². The van der Waals surface area contributed by atoms with Gasteiger partial charge in [0.1, 0.15) is 195 Å². The Morgan fingerprint density at radius 1 is 0.265 bits per heavy atom. The molecule has 0 saturated carbocycles. The van der Waals surface area contributed by atoms with Crippen molar-refractivity contribution in [1.29, 1.82) is 0 Å². The third-order valence-corrected chi connectivity index (χ3v) is 17.8. The van der Waals surface area contributed by atoms with E-state index >= 15 is 0 Å². The average Bonchev–Trinajstić information content (AvgIpc) is 0.774. The lowest BCUT2D eigenvalue weighted by atomic mass is 9.94. The van der Waals surface area contributed by atoms with Gasteiger partial charge < -0.3 is 204 Å². The van der Waals surface area contributed by atoms with Crippen LogP contribution < -0.4 is 16.0 Å². The van der Waals surface area contributed by atoms with E-state index < -0.39 is 316 Å². The van der Waals surface area contributed by atoms with Crippen molar-refractivity contribution in [3.63, 3.8) is 0 Å². The van der Waals surface area contributed by atoms with Crippen molar-refractivity contribution < 1.29 is 203 Å². The molecule has 3 amide bonds. The van der Waals surface area contributed by atoms with E-state index in [9.17, 15) is 132 Å². The molecule has 0 aromatic heterocycles. The van der Waals surface area contributed by atoms with E-state index in [0.29, 0.717) is 0 Å². The molecule has 8 aliphatic heterocycles. The molecule has 8 rings (SSSR count). The number of aliphatic hydroxyl groups is 23. The maximum atomic E-state index is 12.9. The van der Waals surface area contributed by atoms with E-state index in [4.69, 9.17) is 71.1 Å². The third-order valence-electron chi connectivity index (χ3n) is 17.8. The van der Waals surface area contributed by atoms with Crippen molar-refractivity contribution >= 4 is 17.7 Å². The second kappa shape index (κ2) is 35.1. The van der Waals surface area contributed by atoms with Crippen LogP contribution in [0, 0.1) is 0 Å². The van der Waals surface area contributed by atoms with Gasteiger partial charge >= 0.3 is 0 Å². The van der Waals surface area contributed by atoms with Crippen LogP contribution in [-0.2, 0) is 85.4 Å². The molecule has 0 bridgehead atoms. The van der Waals surface area contributed by atoms with Crippen LogP contribution in [0.15, 0.2) is 0 Å². The Morgan fingerprint density at radius 3 is 0.939 bits per heavy atom. The van der Waals surface area contributed by atoms with Gasteiger partial charge in [-0.1, -0.05) is 0 Å². The third kappa shape index (κ3) is 17.5. The summed E-state index contributed by atoms with van der Waals surface area (Å²) in [6.45, 7) is -5.37. The summed E-state index contributed by atoms with van der Waals surface area (Å²) in [5.74, 6) is -2.71. The summed E-state index contributed by atoms with van der Waals surface area (Å²) >= 11 is 0. The summed E-state index contributed by atoms with van der Waals surface area (Å²) in [5, 5.41) is 257. The zero-order valence-corrected chi connectivity index (χ0v) is 52.4. The fraction of sp³-hybridized carbons (Fsp3) is 0.944. The Balaban J connectivity index is 1.05. The van der Waals surface area contributed by atoms with Gasteiger partial charge in [0.05, 0.1) is 52.9 Å². The molecule has 0 aromatic carbocycles. The molecule has 44 heteroatoms. The fourth-order valence-corrected chi connectivity index (χ4v) is 12.6. The zero-order valence-electron chi connectivity index (χ0n) is 52.4. The lowest BCUT2D eigenvalue weighted by molar-refractivity contribution is -0.385. The minimum Gasteiger partial charge on any atom is -0.394 e. The van der Waals surface area contributed by atoms with Gasteiger partial charge in [0.25, 0.3) is 0 Å². The Morgan fingerprint density at radius 2 is 0.551 bits per heavy atom. The molecule has 0 aromatic rings. The molecule has 0 spiro atoms. The topological polar surface area (TPSA) is 691 Å².